The highest BCUT2D eigenvalue weighted by Gasteiger charge is 2.32. The number of carbonyl (C=O) groups is 1. The van der Waals surface area contributed by atoms with Crippen LogP contribution in [0.25, 0.3) is 0 Å². The van der Waals surface area contributed by atoms with Crippen LogP contribution in [0.1, 0.15) is 26.5 Å². The molecule has 3 nitrogen and oxygen atoms in total. The zero-order valence-electron chi connectivity index (χ0n) is 9.72. The van der Waals surface area contributed by atoms with Crippen LogP contribution in [0.2, 0.25) is 0 Å². The van der Waals surface area contributed by atoms with Gasteiger partial charge in [-0.1, -0.05) is 26.8 Å². The Morgan fingerprint density at radius 1 is 1.24 bits per heavy atom. The van der Waals surface area contributed by atoms with Crippen molar-refractivity contribution in [3.63, 3.8) is 0 Å². The lowest BCUT2D eigenvalue weighted by molar-refractivity contribution is -0.141. The Morgan fingerprint density at radius 3 is 2.29 bits per heavy atom. The first-order valence-electron chi connectivity index (χ1n) is 4.96. The highest BCUT2D eigenvalue weighted by Crippen LogP contribution is 2.28. The Balaban J connectivity index is 2.91. The van der Waals surface area contributed by atoms with Gasteiger partial charge >= 0.3 is 6.18 Å². The summed E-state index contributed by atoms with van der Waals surface area (Å²) in [6.45, 7) is 4.99. The van der Waals surface area contributed by atoms with E-state index in [0.29, 0.717) is 0 Å². The molecule has 1 rings (SSSR count). The molecule has 0 aliphatic heterocycles. The van der Waals surface area contributed by atoms with Gasteiger partial charge < -0.3 is 5.32 Å². The molecule has 0 aliphatic rings. The number of nitrogens with one attached hydrogen (secondary N) is 1. The zero-order valence-corrected chi connectivity index (χ0v) is 9.72. The van der Waals surface area contributed by atoms with Crippen LogP contribution >= 0.6 is 0 Å². The van der Waals surface area contributed by atoms with E-state index in [0.717, 1.165) is 6.07 Å². The summed E-state index contributed by atoms with van der Waals surface area (Å²) in [6.07, 6.45) is -4.51. The lowest BCUT2D eigenvalue weighted by atomic mass is 9.96. The quantitative estimate of drug-likeness (QED) is 0.827. The minimum absolute atomic E-state index is 0.0975. The molecule has 0 spiro atoms. The molecule has 1 heterocycles. The smallest absolute Gasteiger partial charge is 0.310 e. The minimum Gasteiger partial charge on any atom is -0.310 e. The molecule has 1 N–H and O–H groups in total. The Labute approximate surface area is 97.0 Å². The number of pyridine rings is 1. The Bertz CT molecular complexity index is 421. The number of aromatic nitrogens is 1. The van der Waals surface area contributed by atoms with Crippen LogP contribution in [0.3, 0.4) is 0 Å². The maximum atomic E-state index is 12.4. The first kappa shape index (κ1) is 13.5. The molecule has 1 aromatic rings. The predicted octanol–water partition coefficient (Wildman–Crippen LogP) is 3.09. The second kappa shape index (κ2) is 4.35. The summed E-state index contributed by atoms with van der Waals surface area (Å²) in [6, 6.07) is 3.37. The van der Waals surface area contributed by atoms with E-state index >= 15 is 0 Å². The number of anilines is 1. The van der Waals surface area contributed by atoms with Gasteiger partial charge in [-0.05, 0) is 12.1 Å². The summed E-state index contributed by atoms with van der Waals surface area (Å²) < 4.78 is 37.1. The van der Waals surface area contributed by atoms with Gasteiger partial charge in [0.05, 0.1) is 0 Å². The first-order chi connectivity index (χ1) is 7.60. The molecule has 0 aromatic carbocycles. The predicted molar refractivity (Wildman–Crippen MR) is 57.3 cm³/mol. The van der Waals surface area contributed by atoms with Gasteiger partial charge in [-0.2, -0.15) is 13.2 Å². The van der Waals surface area contributed by atoms with Crippen LogP contribution in [0.15, 0.2) is 18.2 Å². The molecular formula is C11H13F3N2O. The fourth-order valence-corrected chi connectivity index (χ4v) is 0.966. The Hall–Kier alpha value is -1.59. The van der Waals surface area contributed by atoms with Gasteiger partial charge in [0.15, 0.2) is 0 Å². The van der Waals surface area contributed by atoms with Gasteiger partial charge in [-0.15, -0.1) is 0 Å². The molecule has 0 unspecified atom stereocenters. The van der Waals surface area contributed by atoms with Gasteiger partial charge in [0.2, 0.25) is 5.91 Å². The molecule has 0 fully saturated rings. The first-order valence-corrected chi connectivity index (χ1v) is 4.96. The van der Waals surface area contributed by atoms with Crippen molar-refractivity contribution >= 4 is 11.7 Å². The third-order valence-electron chi connectivity index (χ3n) is 1.96. The van der Waals surface area contributed by atoms with Crippen LogP contribution in [0, 0.1) is 5.41 Å². The average molecular weight is 246 g/mol. The normalized spacial score (nSPS) is 12.4. The number of nitrogens with zero attached hydrogens (tertiary/aromatic N) is 1. The highest BCUT2D eigenvalue weighted by atomic mass is 19.4. The Kier molecular flexibility index (Phi) is 3.45. The highest BCUT2D eigenvalue weighted by molar-refractivity contribution is 5.93. The Morgan fingerprint density at radius 2 is 1.82 bits per heavy atom. The van der Waals surface area contributed by atoms with Crippen molar-refractivity contribution < 1.29 is 18.0 Å². The average Bonchev–Trinajstić information content (AvgIpc) is 2.15. The molecule has 0 atom stereocenters. The molecule has 17 heavy (non-hydrogen) atoms. The van der Waals surface area contributed by atoms with E-state index in [-0.39, 0.29) is 11.7 Å². The SMILES string of the molecule is CC(C)(C)C(=O)Nc1cccc(C(F)(F)F)n1. The molecule has 0 saturated heterocycles. The summed E-state index contributed by atoms with van der Waals surface area (Å²) in [7, 11) is 0. The lowest BCUT2D eigenvalue weighted by Crippen LogP contribution is -2.28. The number of hydrogen-bond donors (Lipinski definition) is 1. The maximum Gasteiger partial charge on any atom is 0.433 e. The fourth-order valence-electron chi connectivity index (χ4n) is 0.966. The molecule has 0 radical (unpaired) electrons. The van der Waals surface area contributed by atoms with Gasteiger partial charge in [0.1, 0.15) is 11.5 Å². The van der Waals surface area contributed by atoms with Crippen LogP contribution < -0.4 is 5.32 Å². The van der Waals surface area contributed by atoms with Crippen LogP contribution in [0.4, 0.5) is 19.0 Å². The monoisotopic (exact) mass is 246 g/mol. The van der Waals surface area contributed by atoms with Gasteiger partial charge in [0, 0.05) is 5.41 Å². The van der Waals surface area contributed by atoms with E-state index in [1.54, 1.807) is 20.8 Å². The van der Waals surface area contributed by atoms with E-state index < -0.39 is 17.3 Å². The number of halogens is 3. The van der Waals surface area contributed by atoms with Gasteiger partial charge in [-0.25, -0.2) is 4.98 Å². The zero-order chi connectivity index (χ0) is 13.3. The van der Waals surface area contributed by atoms with Crippen molar-refractivity contribution in [2.75, 3.05) is 5.32 Å². The largest absolute Gasteiger partial charge is 0.433 e. The topological polar surface area (TPSA) is 42.0 Å². The van der Waals surface area contributed by atoms with E-state index in [1.165, 1.54) is 12.1 Å². The molecule has 0 aliphatic carbocycles. The second-order valence-corrected chi connectivity index (χ2v) is 4.61. The van der Waals surface area contributed by atoms with Crippen molar-refractivity contribution in [3.05, 3.63) is 23.9 Å². The van der Waals surface area contributed by atoms with Gasteiger partial charge in [-0.3, -0.25) is 4.79 Å². The van der Waals surface area contributed by atoms with Gasteiger partial charge in [0.25, 0.3) is 0 Å². The molecular weight excluding hydrogens is 233 g/mol. The van der Waals surface area contributed by atoms with E-state index in [2.05, 4.69) is 10.3 Å². The molecule has 1 amide bonds. The third kappa shape index (κ3) is 3.72. The summed E-state index contributed by atoms with van der Waals surface area (Å²) in [5, 5.41) is 2.34. The number of amides is 1. The van der Waals surface area contributed by atoms with Crippen molar-refractivity contribution in [2.24, 2.45) is 5.41 Å². The fraction of sp³-hybridized carbons (Fsp3) is 0.455. The third-order valence-corrected chi connectivity index (χ3v) is 1.96. The summed E-state index contributed by atoms with van der Waals surface area (Å²) >= 11 is 0. The maximum absolute atomic E-state index is 12.4. The number of hydrogen-bond acceptors (Lipinski definition) is 2. The van der Waals surface area contributed by atoms with Crippen LogP contribution in [-0.4, -0.2) is 10.9 Å². The van der Waals surface area contributed by atoms with E-state index in [1.807, 2.05) is 0 Å². The van der Waals surface area contributed by atoms with Crippen LogP contribution in [-0.2, 0) is 11.0 Å². The van der Waals surface area contributed by atoms with Crippen molar-refractivity contribution in [1.82, 2.24) is 4.98 Å². The van der Waals surface area contributed by atoms with Crippen LogP contribution in [0.5, 0.6) is 0 Å². The number of rotatable bonds is 1. The van der Waals surface area contributed by atoms with Crippen molar-refractivity contribution in [3.8, 4) is 0 Å². The lowest BCUT2D eigenvalue weighted by Gasteiger charge is -2.17. The summed E-state index contributed by atoms with van der Waals surface area (Å²) in [4.78, 5) is 14.9. The van der Waals surface area contributed by atoms with Crippen molar-refractivity contribution in [2.45, 2.75) is 26.9 Å². The number of carbonyl (C=O) groups excluding carboxylic acids is 1. The summed E-state index contributed by atoms with van der Waals surface area (Å²) in [5.41, 5.74) is -1.71. The minimum atomic E-state index is -4.51. The van der Waals surface area contributed by atoms with Crippen molar-refractivity contribution in [1.29, 1.82) is 0 Å². The summed E-state index contributed by atoms with van der Waals surface area (Å²) in [5.74, 6) is -0.482. The van der Waals surface area contributed by atoms with E-state index in [9.17, 15) is 18.0 Å². The molecule has 6 heteroatoms. The van der Waals surface area contributed by atoms with E-state index in [4.69, 9.17) is 0 Å². The standard InChI is InChI=1S/C11H13F3N2O/c1-10(2,3)9(17)16-8-6-4-5-7(15-8)11(12,13)14/h4-6H,1-3H3,(H,15,16,17). The molecule has 0 saturated carbocycles. The number of alkyl halides is 3. The molecule has 94 valence electrons. The second-order valence-electron chi connectivity index (χ2n) is 4.61. The molecule has 1 aromatic heterocycles. The molecule has 0 bridgehead atoms.